The van der Waals surface area contributed by atoms with Gasteiger partial charge in [-0.3, -0.25) is 0 Å². The SMILES string of the molecule is Fc1ccc2c(c1)CC(CNCC1CCSC1)O2. The van der Waals surface area contributed by atoms with Crippen LogP contribution in [0.4, 0.5) is 4.39 Å². The Kier molecular flexibility index (Phi) is 3.75. The molecule has 0 aromatic heterocycles. The topological polar surface area (TPSA) is 21.3 Å². The summed E-state index contributed by atoms with van der Waals surface area (Å²) in [5.41, 5.74) is 0.998. The van der Waals surface area contributed by atoms with Crippen LogP contribution in [0.3, 0.4) is 0 Å². The Morgan fingerprint density at radius 1 is 1.39 bits per heavy atom. The molecule has 0 bridgehead atoms. The van der Waals surface area contributed by atoms with Gasteiger partial charge in [0.05, 0.1) is 0 Å². The van der Waals surface area contributed by atoms with Gasteiger partial charge in [-0.1, -0.05) is 0 Å². The number of hydrogen-bond donors (Lipinski definition) is 1. The van der Waals surface area contributed by atoms with Crippen molar-refractivity contribution in [3.63, 3.8) is 0 Å². The summed E-state index contributed by atoms with van der Waals surface area (Å²) < 4.78 is 18.9. The first kappa shape index (κ1) is 12.3. The highest BCUT2D eigenvalue weighted by atomic mass is 32.2. The first-order valence-electron chi connectivity index (χ1n) is 6.55. The highest BCUT2D eigenvalue weighted by Gasteiger charge is 2.23. The normalized spacial score (nSPS) is 26.1. The fourth-order valence-corrected chi connectivity index (χ4v) is 3.88. The molecule has 2 unspecified atom stereocenters. The van der Waals surface area contributed by atoms with Gasteiger partial charge in [-0.2, -0.15) is 11.8 Å². The van der Waals surface area contributed by atoms with Crippen molar-refractivity contribution in [3.05, 3.63) is 29.6 Å². The largest absolute Gasteiger partial charge is 0.488 e. The second-order valence-electron chi connectivity index (χ2n) is 5.08. The van der Waals surface area contributed by atoms with Gasteiger partial charge in [-0.05, 0) is 48.6 Å². The molecule has 1 N–H and O–H groups in total. The zero-order valence-corrected chi connectivity index (χ0v) is 11.1. The van der Waals surface area contributed by atoms with Gasteiger partial charge in [-0.25, -0.2) is 4.39 Å². The van der Waals surface area contributed by atoms with E-state index in [4.69, 9.17) is 4.74 Å². The number of thioether (sulfide) groups is 1. The summed E-state index contributed by atoms with van der Waals surface area (Å²) in [5.74, 6) is 4.07. The number of nitrogens with one attached hydrogen (secondary N) is 1. The van der Waals surface area contributed by atoms with Crippen LogP contribution in [-0.2, 0) is 6.42 Å². The number of rotatable bonds is 4. The predicted molar refractivity (Wildman–Crippen MR) is 72.8 cm³/mol. The fraction of sp³-hybridized carbons (Fsp3) is 0.571. The zero-order valence-electron chi connectivity index (χ0n) is 10.3. The third-order valence-electron chi connectivity index (χ3n) is 3.59. The van der Waals surface area contributed by atoms with Gasteiger partial charge >= 0.3 is 0 Å². The van der Waals surface area contributed by atoms with E-state index in [0.717, 1.165) is 36.7 Å². The molecule has 98 valence electrons. The highest BCUT2D eigenvalue weighted by molar-refractivity contribution is 7.99. The lowest BCUT2D eigenvalue weighted by Gasteiger charge is -2.14. The predicted octanol–water partition coefficient (Wildman–Crippen LogP) is 2.47. The van der Waals surface area contributed by atoms with Crippen LogP contribution in [0.25, 0.3) is 0 Å². The van der Waals surface area contributed by atoms with Crippen molar-refractivity contribution < 1.29 is 9.13 Å². The molecule has 2 aliphatic rings. The number of fused-ring (bicyclic) bond motifs is 1. The molecule has 0 saturated carbocycles. The van der Waals surface area contributed by atoms with Crippen LogP contribution in [-0.4, -0.2) is 30.7 Å². The van der Waals surface area contributed by atoms with Crippen molar-refractivity contribution >= 4 is 11.8 Å². The van der Waals surface area contributed by atoms with Crippen LogP contribution >= 0.6 is 11.8 Å². The van der Waals surface area contributed by atoms with Crippen LogP contribution in [0, 0.1) is 11.7 Å². The maximum atomic E-state index is 13.1. The lowest BCUT2D eigenvalue weighted by atomic mass is 10.1. The Bertz CT molecular complexity index is 420. The van der Waals surface area contributed by atoms with Crippen LogP contribution in [0.15, 0.2) is 18.2 Å². The van der Waals surface area contributed by atoms with Crippen molar-refractivity contribution in [3.8, 4) is 5.75 Å². The number of halogens is 1. The third-order valence-corrected chi connectivity index (χ3v) is 4.82. The summed E-state index contributed by atoms with van der Waals surface area (Å²) in [6.45, 7) is 1.94. The summed E-state index contributed by atoms with van der Waals surface area (Å²) in [6, 6.07) is 4.78. The van der Waals surface area contributed by atoms with Crippen LogP contribution in [0.2, 0.25) is 0 Å². The number of hydrogen-bond acceptors (Lipinski definition) is 3. The van der Waals surface area contributed by atoms with Crippen molar-refractivity contribution in [2.24, 2.45) is 5.92 Å². The Hall–Kier alpha value is -0.740. The minimum Gasteiger partial charge on any atom is -0.488 e. The number of benzene rings is 1. The number of ether oxygens (including phenoxy) is 1. The Labute approximate surface area is 111 Å². The van der Waals surface area contributed by atoms with Gasteiger partial charge in [0.25, 0.3) is 0 Å². The summed E-state index contributed by atoms with van der Waals surface area (Å²) in [4.78, 5) is 0. The summed E-state index contributed by atoms with van der Waals surface area (Å²) in [5, 5.41) is 3.49. The molecule has 2 heterocycles. The van der Waals surface area contributed by atoms with Crippen LogP contribution in [0.1, 0.15) is 12.0 Å². The molecule has 4 heteroatoms. The molecular formula is C14H18FNOS. The molecule has 2 nitrogen and oxygen atoms in total. The third kappa shape index (κ3) is 2.81. The Morgan fingerprint density at radius 2 is 2.33 bits per heavy atom. The van der Waals surface area contributed by atoms with Crippen molar-refractivity contribution in [2.75, 3.05) is 24.6 Å². The zero-order chi connectivity index (χ0) is 12.4. The van der Waals surface area contributed by atoms with Crippen molar-refractivity contribution in [1.82, 2.24) is 5.32 Å². The second-order valence-corrected chi connectivity index (χ2v) is 6.23. The molecule has 1 saturated heterocycles. The first-order valence-corrected chi connectivity index (χ1v) is 7.70. The minimum absolute atomic E-state index is 0.163. The van der Waals surface area contributed by atoms with Gasteiger partial charge in [0.1, 0.15) is 17.7 Å². The summed E-state index contributed by atoms with van der Waals surface area (Å²) >= 11 is 2.04. The molecule has 0 amide bonds. The van der Waals surface area contributed by atoms with E-state index < -0.39 is 0 Å². The maximum Gasteiger partial charge on any atom is 0.123 e. The lowest BCUT2D eigenvalue weighted by molar-refractivity contribution is 0.225. The molecule has 1 fully saturated rings. The maximum absolute atomic E-state index is 13.1. The van der Waals surface area contributed by atoms with Gasteiger partial charge in [0.15, 0.2) is 0 Å². The Balaban J connectivity index is 1.46. The average Bonchev–Trinajstić information content (AvgIpc) is 2.97. The highest BCUT2D eigenvalue weighted by Crippen LogP contribution is 2.29. The van der Waals surface area contributed by atoms with Crippen LogP contribution in [0.5, 0.6) is 5.75 Å². The van der Waals surface area contributed by atoms with E-state index in [1.807, 2.05) is 11.8 Å². The monoisotopic (exact) mass is 267 g/mol. The standard InChI is InChI=1S/C14H18FNOS/c15-12-1-2-14-11(5-12)6-13(17-14)8-16-7-10-3-4-18-9-10/h1-2,5,10,13,16H,3-4,6-9H2. The molecule has 0 spiro atoms. The first-order chi connectivity index (χ1) is 8.81. The van der Waals surface area contributed by atoms with E-state index in [0.29, 0.717) is 0 Å². The van der Waals surface area contributed by atoms with Gasteiger partial charge < -0.3 is 10.1 Å². The molecule has 3 rings (SSSR count). The minimum atomic E-state index is -0.172. The van der Waals surface area contributed by atoms with Crippen LogP contribution < -0.4 is 10.1 Å². The smallest absolute Gasteiger partial charge is 0.123 e. The van der Waals surface area contributed by atoms with E-state index in [1.54, 1.807) is 12.1 Å². The fourth-order valence-electron chi connectivity index (χ4n) is 2.60. The van der Waals surface area contributed by atoms with Gasteiger partial charge in [0.2, 0.25) is 0 Å². The van der Waals surface area contributed by atoms with E-state index in [2.05, 4.69) is 5.32 Å². The van der Waals surface area contributed by atoms with Crippen molar-refractivity contribution in [1.29, 1.82) is 0 Å². The van der Waals surface area contributed by atoms with Crippen molar-refractivity contribution in [2.45, 2.75) is 18.9 Å². The van der Waals surface area contributed by atoms with Gasteiger partial charge in [0, 0.05) is 18.5 Å². The molecule has 2 atom stereocenters. The summed E-state index contributed by atoms with van der Waals surface area (Å²) in [7, 11) is 0. The van der Waals surface area contributed by atoms with E-state index in [1.165, 1.54) is 24.0 Å². The average molecular weight is 267 g/mol. The molecule has 2 aliphatic heterocycles. The quantitative estimate of drug-likeness (QED) is 0.905. The molecule has 0 radical (unpaired) electrons. The molecule has 18 heavy (non-hydrogen) atoms. The van der Waals surface area contributed by atoms with E-state index >= 15 is 0 Å². The van der Waals surface area contributed by atoms with E-state index in [-0.39, 0.29) is 11.9 Å². The summed E-state index contributed by atoms with van der Waals surface area (Å²) in [6.07, 6.45) is 2.31. The lowest BCUT2D eigenvalue weighted by Crippen LogP contribution is -2.33. The van der Waals surface area contributed by atoms with Gasteiger partial charge in [-0.15, -0.1) is 0 Å². The molecule has 0 aliphatic carbocycles. The molecule has 1 aromatic rings. The second kappa shape index (κ2) is 5.49. The van der Waals surface area contributed by atoms with E-state index in [9.17, 15) is 4.39 Å². The molecular weight excluding hydrogens is 249 g/mol. The Morgan fingerprint density at radius 3 is 3.17 bits per heavy atom. The molecule has 1 aromatic carbocycles.